The van der Waals surface area contributed by atoms with Crippen molar-refractivity contribution in [2.24, 2.45) is 23.7 Å². The molecule has 2 N–H and O–H groups in total. The molecule has 172 valence electrons. The topological polar surface area (TPSA) is 40.5 Å². The number of benzene rings is 2. The maximum Gasteiger partial charge on any atom is 0.119 e. The molecule has 4 aliphatic carbocycles. The van der Waals surface area contributed by atoms with E-state index in [-0.39, 0.29) is 5.41 Å². The van der Waals surface area contributed by atoms with Gasteiger partial charge < -0.3 is 10.2 Å². The molecule has 0 spiro atoms. The van der Waals surface area contributed by atoms with E-state index in [0.717, 1.165) is 35.8 Å². The minimum absolute atomic E-state index is 0.000751. The summed E-state index contributed by atoms with van der Waals surface area (Å²) in [6, 6.07) is 13.1. The van der Waals surface area contributed by atoms with Gasteiger partial charge in [0.05, 0.1) is 0 Å². The molecule has 6 rings (SSSR count). The molecule has 4 saturated carbocycles. The van der Waals surface area contributed by atoms with Crippen molar-refractivity contribution in [2.75, 3.05) is 0 Å². The fraction of sp³-hybridized carbons (Fsp3) is 0.600. The van der Waals surface area contributed by atoms with Gasteiger partial charge in [-0.25, -0.2) is 0 Å². The first kappa shape index (κ1) is 21.9. The van der Waals surface area contributed by atoms with E-state index in [9.17, 15) is 10.2 Å². The third-order valence-corrected chi connectivity index (χ3v) is 9.72. The molecular weight excluding hydrogens is 392 g/mol. The van der Waals surface area contributed by atoms with Crippen molar-refractivity contribution in [3.05, 3.63) is 58.7 Å². The Balaban J connectivity index is 1.73. The van der Waals surface area contributed by atoms with Gasteiger partial charge in [-0.15, -0.1) is 0 Å². The second-order valence-electron chi connectivity index (χ2n) is 11.3. The predicted octanol–water partition coefficient (Wildman–Crippen LogP) is 7.87. The first-order valence-electron chi connectivity index (χ1n) is 13.0. The molecule has 2 heteroatoms. The van der Waals surface area contributed by atoms with E-state index in [2.05, 4.69) is 52.0 Å². The van der Waals surface area contributed by atoms with Crippen LogP contribution in [0.2, 0.25) is 0 Å². The number of phenolic OH excluding ortho intramolecular Hbond substituents is 2. The summed E-state index contributed by atoms with van der Waals surface area (Å²) in [6.07, 6.45) is 8.79. The standard InChI is InChI=1S/C30H40O2/c1-5-18(3)26-16-22(7-9-28(26)31)30(23-8-10-29(32)27(17-23)19(4)6-2)24-12-20-11-21(14-24)15-25(30)13-20/h7-10,16-21,24-25,31-32H,5-6,11-15H2,1-4H3. The summed E-state index contributed by atoms with van der Waals surface area (Å²) in [7, 11) is 0. The van der Waals surface area contributed by atoms with Crippen molar-refractivity contribution in [3.63, 3.8) is 0 Å². The summed E-state index contributed by atoms with van der Waals surface area (Å²) in [5.41, 5.74) is 5.00. The summed E-state index contributed by atoms with van der Waals surface area (Å²) >= 11 is 0. The Bertz CT molecular complexity index is 901. The van der Waals surface area contributed by atoms with Crippen molar-refractivity contribution >= 4 is 0 Å². The maximum absolute atomic E-state index is 10.7. The zero-order chi connectivity index (χ0) is 22.6. The SMILES string of the molecule is CCC(C)c1cc(C2(c3ccc(O)c(C(C)CC)c3)C3CC4CC(C3)CC2C4)ccc1O. The normalized spacial score (nSPS) is 32.8. The fourth-order valence-corrected chi connectivity index (χ4v) is 7.89. The average Bonchev–Trinajstić information content (AvgIpc) is 2.79. The van der Waals surface area contributed by atoms with Crippen molar-refractivity contribution in [1.82, 2.24) is 0 Å². The lowest BCUT2D eigenvalue weighted by atomic mass is 9.42. The van der Waals surface area contributed by atoms with Crippen LogP contribution in [-0.2, 0) is 5.41 Å². The Morgan fingerprint density at radius 3 is 1.50 bits per heavy atom. The van der Waals surface area contributed by atoms with Crippen molar-refractivity contribution in [2.45, 2.75) is 89.9 Å². The molecule has 0 heterocycles. The smallest absolute Gasteiger partial charge is 0.119 e. The molecule has 4 aliphatic rings. The van der Waals surface area contributed by atoms with Crippen LogP contribution in [0, 0.1) is 23.7 Å². The molecule has 32 heavy (non-hydrogen) atoms. The number of hydrogen-bond acceptors (Lipinski definition) is 2. The Hall–Kier alpha value is -1.96. The number of phenols is 2. The van der Waals surface area contributed by atoms with Gasteiger partial charge >= 0.3 is 0 Å². The van der Waals surface area contributed by atoms with Crippen LogP contribution >= 0.6 is 0 Å². The van der Waals surface area contributed by atoms with Gasteiger partial charge in [0, 0.05) is 5.41 Å². The van der Waals surface area contributed by atoms with Crippen LogP contribution in [0.1, 0.15) is 107 Å². The summed E-state index contributed by atoms with van der Waals surface area (Å²) in [5.74, 6) is 4.66. The Morgan fingerprint density at radius 1 is 0.719 bits per heavy atom. The minimum atomic E-state index is -0.000751. The number of aromatic hydroxyl groups is 2. The third-order valence-electron chi connectivity index (χ3n) is 9.72. The molecular formula is C30H40O2. The maximum atomic E-state index is 10.7. The third kappa shape index (κ3) is 3.20. The highest BCUT2D eigenvalue weighted by atomic mass is 16.3. The second-order valence-corrected chi connectivity index (χ2v) is 11.3. The summed E-state index contributed by atoms with van der Waals surface area (Å²) in [4.78, 5) is 0. The first-order valence-corrected chi connectivity index (χ1v) is 13.0. The lowest BCUT2D eigenvalue weighted by Gasteiger charge is -2.62. The lowest BCUT2D eigenvalue weighted by molar-refractivity contribution is -0.0419. The zero-order valence-electron chi connectivity index (χ0n) is 20.3. The highest BCUT2D eigenvalue weighted by Crippen LogP contribution is 2.65. The molecule has 2 atom stereocenters. The van der Waals surface area contributed by atoms with Crippen molar-refractivity contribution in [1.29, 1.82) is 0 Å². The van der Waals surface area contributed by atoms with Crippen molar-refractivity contribution in [3.8, 4) is 11.5 Å². The Morgan fingerprint density at radius 2 is 1.12 bits per heavy atom. The molecule has 2 aromatic rings. The molecule has 2 aromatic carbocycles. The number of rotatable bonds is 6. The zero-order valence-corrected chi connectivity index (χ0v) is 20.3. The van der Waals surface area contributed by atoms with E-state index in [4.69, 9.17) is 0 Å². The van der Waals surface area contributed by atoms with Crippen molar-refractivity contribution < 1.29 is 10.2 Å². The van der Waals surface area contributed by atoms with E-state index in [0.29, 0.717) is 35.2 Å². The molecule has 2 nitrogen and oxygen atoms in total. The monoisotopic (exact) mass is 432 g/mol. The van der Waals surface area contributed by atoms with Crippen LogP contribution in [0.4, 0.5) is 0 Å². The Kier molecular flexibility index (Phi) is 5.55. The lowest BCUT2D eigenvalue weighted by Crippen LogP contribution is -2.56. The van der Waals surface area contributed by atoms with Gasteiger partial charge in [0.2, 0.25) is 0 Å². The van der Waals surface area contributed by atoms with Crippen LogP contribution in [0.5, 0.6) is 11.5 Å². The summed E-state index contributed by atoms with van der Waals surface area (Å²) < 4.78 is 0. The van der Waals surface area contributed by atoms with E-state index < -0.39 is 0 Å². The summed E-state index contributed by atoms with van der Waals surface area (Å²) in [5, 5.41) is 21.4. The molecule has 0 radical (unpaired) electrons. The van der Waals surface area contributed by atoms with Crippen LogP contribution in [-0.4, -0.2) is 10.2 Å². The van der Waals surface area contributed by atoms with Gasteiger partial charge in [0.1, 0.15) is 11.5 Å². The van der Waals surface area contributed by atoms with E-state index >= 15 is 0 Å². The molecule has 2 unspecified atom stereocenters. The molecule has 4 bridgehead atoms. The second kappa shape index (κ2) is 8.12. The fourth-order valence-electron chi connectivity index (χ4n) is 7.89. The molecule has 0 aromatic heterocycles. The van der Waals surface area contributed by atoms with Gasteiger partial charge in [-0.1, -0.05) is 52.0 Å². The molecule has 0 saturated heterocycles. The minimum Gasteiger partial charge on any atom is -0.508 e. The summed E-state index contributed by atoms with van der Waals surface area (Å²) in [6.45, 7) is 8.86. The van der Waals surface area contributed by atoms with Crippen LogP contribution in [0.15, 0.2) is 36.4 Å². The first-order chi connectivity index (χ1) is 15.4. The van der Waals surface area contributed by atoms with E-state index in [1.165, 1.54) is 43.2 Å². The van der Waals surface area contributed by atoms with Crippen LogP contribution < -0.4 is 0 Å². The predicted molar refractivity (Wildman–Crippen MR) is 131 cm³/mol. The van der Waals surface area contributed by atoms with E-state index in [1.807, 2.05) is 12.1 Å². The average molecular weight is 433 g/mol. The van der Waals surface area contributed by atoms with Gasteiger partial charge in [0.25, 0.3) is 0 Å². The largest absolute Gasteiger partial charge is 0.508 e. The Labute approximate surface area is 194 Å². The molecule has 4 fully saturated rings. The van der Waals surface area contributed by atoms with Gasteiger partial charge in [-0.2, -0.15) is 0 Å². The van der Waals surface area contributed by atoms with Gasteiger partial charge in [-0.05, 0) is 115 Å². The van der Waals surface area contributed by atoms with Crippen LogP contribution in [0.3, 0.4) is 0 Å². The van der Waals surface area contributed by atoms with Gasteiger partial charge in [0.15, 0.2) is 0 Å². The number of hydrogen-bond donors (Lipinski definition) is 2. The highest BCUT2D eigenvalue weighted by molar-refractivity contribution is 5.51. The van der Waals surface area contributed by atoms with Gasteiger partial charge in [-0.3, -0.25) is 0 Å². The highest BCUT2D eigenvalue weighted by Gasteiger charge is 2.58. The quantitative estimate of drug-likeness (QED) is 0.487. The molecule has 0 aliphatic heterocycles. The molecule has 0 amide bonds. The van der Waals surface area contributed by atoms with E-state index in [1.54, 1.807) is 0 Å². The van der Waals surface area contributed by atoms with Crippen LogP contribution in [0.25, 0.3) is 0 Å².